The Kier molecular flexibility index (Phi) is 4.78. The van der Waals surface area contributed by atoms with Gasteiger partial charge in [-0.05, 0) is 75.9 Å². The summed E-state index contributed by atoms with van der Waals surface area (Å²) in [5.74, 6) is 0.275. The molecule has 134 valence electrons. The first-order chi connectivity index (χ1) is 12.3. The van der Waals surface area contributed by atoms with Crippen molar-refractivity contribution in [1.29, 1.82) is 0 Å². The number of aryl methyl sites for hydroxylation is 6. The number of anilines is 3. The fourth-order valence-electron chi connectivity index (χ4n) is 4.05. The van der Waals surface area contributed by atoms with Gasteiger partial charge in [-0.25, -0.2) is 0 Å². The van der Waals surface area contributed by atoms with Crippen LogP contribution in [-0.2, 0) is 0 Å². The summed E-state index contributed by atoms with van der Waals surface area (Å²) in [6.07, 6.45) is 0. The van der Waals surface area contributed by atoms with E-state index in [-0.39, 0.29) is 5.75 Å². The van der Waals surface area contributed by atoms with Gasteiger partial charge in [0.15, 0.2) is 0 Å². The Hall–Kier alpha value is -2.74. The van der Waals surface area contributed by atoms with Gasteiger partial charge in [-0.15, -0.1) is 0 Å². The SMILES string of the molecule is Cc1cc(C)c(N(c2cccc(O)c2)c2c(C)cc(C)cc2C)c(C)c1. The summed E-state index contributed by atoms with van der Waals surface area (Å²) in [5, 5.41) is 10.1. The van der Waals surface area contributed by atoms with Gasteiger partial charge < -0.3 is 10.0 Å². The number of phenols is 1. The van der Waals surface area contributed by atoms with Crippen LogP contribution in [0.2, 0.25) is 0 Å². The topological polar surface area (TPSA) is 23.5 Å². The first-order valence-electron chi connectivity index (χ1n) is 9.03. The van der Waals surface area contributed by atoms with E-state index in [0.29, 0.717) is 0 Å². The van der Waals surface area contributed by atoms with Gasteiger partial charge in [-0.2, -0.15) is 0 Å². The zero-order valence-electron chi connectivity index (χ0n) is 16.5. The van der Waals surface area contributed by atoms with E-state index >= 15 is 0 Å². The highest BCUT2D eigenvalue weighted by Gasteiger charge is 2.21. The summed E-state index contributed by atoms with van der Waals surface area (Å²) in [6, 6.07) is 16.4. The van der Waals surface area contributed by atoms with Crippen LogP contribution in [0.4, 0.5) is 17.1 Å². The van der Waals surface area contributed by atoms with Crippen molar-refractivity contribution < 1.29 is 5.11 Å². The molecule has 0 amide bonds. The van der Waals surface area contributed by atoms with Gasteiger partial charge in [0.05, 0.1) is 11.4 Å². The lowest BCUT2D eigenvalue weighted by atomic mass is 9.99. The molecular formula is C24H27NO. The summed E-state index contributed by atoms with van der Waals surface area (Å²) in [7, 11) is 0. The van der Waals surface area contributed by atoms with Crippen LogP contribution in [0.25, 0.3) is 0 Å². The molecule has 2 nitrogen and oxygen atoms in total. The molecular weight excluding hydrogens is 318 g/mol. The normalized spacial score (nSPS) is 10.8. The number of nitrogens with zero attached hydrogens (tertiary/aromatic N) is 1. The lowest BCUT2D eigenvalue weighted by Gasteiger charge is -2.32. The molecule has 0 spiro atoms. The molecule has 0 aliphatic rings. The van der Waals surface area contributed by atoms with Crippen LogP contribution in [0.1, 0.15) is 33.4 Å². The Morgan fingerprint density at radius 1 is 0.615 bits per heavy atom. The Morgan fingerprint density at radius 2 is 1.04 bits per heavy atom. The summed E-state index contributed by atoms with van der Waals surface area (Å²) in [5.41, 5.74) is 10.8. The highest BCUT2D eigenvalue weighted by atomic mass is 16.3. The van der Waals surface area contributed by atoms with Crippen LogP contribution in [0.3, 0.4) is 0 Å². The third-order valence-corrected chi connectivity index (χ3v) is 4.81. The van der Waals surface area contributed by atoms with Crippen LogP contribution in [0, 0.1) is 41.5 Å². The number of hydrogen-bond donors (Lipinski definition) is 1. The van der Waals surface area contributed by atoms with Crippen LogP contribution < -0.4 is 4.90 Å². The number of phenolic OH excluding ortho intramolecular Hbond substituents is 1. The van der Waals surface area contributed by atoms with Gasteiger partial charge in [-0.1, -0.05) is 41.5 Å². The average Bonchev–Trinajstić information content (AvgIpc) is 2.51. The van der Waals surface area contributed by atoms with Crippen molar-refractivity contribution >= 4 is 17.1 Å². The minimum Gasteiger partial charge on any atom is -0.508 e. The van der Waals surface area contributed by atoms with Crippen molar-refractivity contribution in [2.24, 2.45) is 0 Å². The van der Waals surface area contributed by atoms with E-state index < -0.39 is 0 Å². The number of rotatable bonds is 3. The second-order valence-electron chi connectivity index (χ2n) is 7.35. The molecule has 26 heavy (non-hydrogen) atoms. The van der Waals surface area contributed by atoms with Crippen molar-refractivity contribution in [3.63, 3.8) is 0 Å². The molecule has 1 N–H and O–H groups in total. The minimum atomic E-state index is 0.275. The molecule has 0 atom stereocenters. The second-order valence-corrected chi connectivity index (χ2v) is 7.35. The molecule has 0 fully saturated rings. The van der Waals surface area contributed by atoms with Crippen molar-refractivity contribution in [2.75, 3.05) is 4.90 Å². The average molecular weight is 345 g/mol. The van der Waals surface area contributed by atoms with Crippen molar-refractivity contribution in [1.82, 2.24) is 0 Å². The van der Waals surface area contributed by atoms with Gasteiger partial charge >= 0.3 is 0 Å². The van der Waals surface area contributed by atoms with Gasteiger partial charge in [0, 0.05) is 11.8 Å². The molecule has 0 saturated carbocycles. The van der Waals surface area contributed by atoms with Crippen LogP contribution in [-0.4, -0.2) is 5.11 Å². The first-order valence-corrected chi connectivity index (χ1v) is 9.03. The smallest absolute Gasteiger partial charge is 0.117 e. The van der Waals surface area contributed by atoms with E-state index in [4.69, 9.17) is 0 Å². The molecule has 3 aromatic carbocycles. The largest absolute Gasteiger partial charge is 0.508 e. The summed E-state index contributed by atoms with van der Waals surface area (Å²) < 4.78 is 0. The molecule has 0 bridgehead atoms. The summed E-state index contributed by atoms with van der Waals surface area (Å²) in [4.78, 5) is 2.29. The Balaban J connectivity index is 2.36. The molecule has 0 aliphatic carbocycles. The highest BCUT2D eigenvalue weighted by Crippen LogP contribution is 2.43. The van der Waals surface area contributed by atoms with Crippen LogP contribution >= 0.6 is 0 Å². The van der Waals surface area contributed by atoms with E-state index in [0.717, 1.165) is 5.69 Å². The third kappa shape index (κ3) is 3.32. The number of hydrogen-bond acceptors (Lipinski definition) is 2. The van der Waals surface area contributed by atoms with E-state index in [1.165, 1.54) is 44.8 Å². The maximum absolute atomic E-state index is 10.1. The molecule has 0 aliphatic heterocycles. The molecule has 0 unspecified atom stereocenters. The fraction of sp³-hybridized carbons (Fsp3) is 0.250. The molecule has 0 aromatic heterocycles. The van der Waals surface area contributed by atoms with E-state index in [1.54, 1.807) is 6.07 Å². The predicted molar refractivity (Wildman–Crippen MR) is 111 cm³/mol. The highest BCUT2D eigenvalue weighted by molar-refractivity contribution is 5.84. The van der Waals surface area contributed by atoms with Crippen molar-refractivity contribution in [3.8, 4) is 5.75 Å². The first kappa shape index (κ1) is 18.1. The van der Waals surface area contributed by atoms with E-state index in [1.807, 2.05) is 12.1 Å². The Labute approximate surface area is 156 Å². The molecule has 3 aromatic rings. The number of aromatic hydroxyl groups is 1. The van der Waals surface area contributed by atoms with E-state index in [2.05, 4.69) is 76.8 Å². The van der Waals surface area contributed by atoms with Crippen molar-refractivity contribution in [2.45, 2.75) is 41.5 Å². The van der Waals surface area contributed by atoms with Crippen LogP contribution in [0.5, 0.6) is 5.75 Å². The lowest BCUT2D eigenvalue weighted by Crippen LogP contribution is -2.15. The zero-order chi connectivity index (χ0) is 19.0. The summed E-state index contributed by atoms with van der Waals surface area (Å²) in [6.45, 7) is 12.9. The minimum absolute atomic E-state index is 0.275. The number of benzene rings is 3. The van der Waals surface area contributed by atoms with Gasteiger partial charge in [0.1, 0.15) is 5.75 Å². The van der Waals surface area contributed by atoms with E-state index in [9.17, 15) is 5.11 Å². The maximum atomic E-state index is 10.1. The van der Waals surface area contributed by atoms with Crippen LogP contribution in [0.15, 0.2) is 48.5 Å². The monoisotopic (exact) mass is 345 g/mol. The van der Waals surface area contributed by atoms with Crippen molar-refractivity contribution in [3.05, 3.63) is 81.9 Å². The van der Waals surface area contributed by atoms with Gasteiger partial charge in [0.2, 0.25) is 0 Å². The second kappa shape index (κ2) is 6.87. The zero-order valence-corrected chi connectivity index (χ0v) is 16.5. The molecule has 3 rings (SSSR count). The molecule has 0 radical (unpaired) electrons. The van der Waals surface area contributed by atoms with Gasteiger partial charge in [-0.3, -0.25) is 0 Å². The lowest BCUT2D eigenvalue weighted by molar-refractivity contribution is 0.475. The maximum Gasteiger partial charge on any atom is 0.117 e. The fourth-order valence-corrected chi connectivity index (χ4v) is 4.05. The predicted octanol–water partition coefficient (Wildman–Crippen LogP) is 6.71. The Morgan fingerprint density at radius 3 is 1.42 bits per heavy atom. The standard InChI is InChI=1S/C24H27NO/c1-15-10-17(3)23(18(4)11-15)25(21-8-7-9-22(26)14-21)24-19(5)12-16(2)13-20(24)6/h7-14,26H,1-6H3. The molecule has 0 heterocycles. The van der Waals surface area contributed by atoms with Gasteiger partial charge in [0.25, 0.3) is 0 Å². The molecule has 0 saturated heterocycles. The summed E-state index contributed by atoms with van der Waals surface area (Å²) >= 11 is 0. The third-order valence-electron chi connectivity index (χ3n) is 4.81. The molecule has 2 heteroatoms. The Bertz CT molecular complexity index is 868. The quantitative estimate of drug-likeness (QED) is 0.570.